The Bertz CT molecular complexity index is 515. The van der Waals surface area contributed by atoms with Crippen LogP contribution >= 0.6 is 27.5 Å². The van der Waals surface area contributed by atoms with Gasteiger partial charge in [0.25, 0.3) is 0 Å². The van der Waals surface area contributed by atoms with Crippen molar-refractivity contribution in [2.24, 2.45) is 11.8 Å². The van der Waals surface area contributed by atoms with Gasteiger partial charge in [0.05, 0.1) is 17.3 Å². The molecular weight excluding hydrogens is 338 g/mol. The lowest BCUT2D eigenvalue weighted by Crippen LogP contribution is -2.20. The zero-order valence-corrected chi connectivity index (χ0v) is 14.5. The van der Waals surface area contributed by atoms with E-state index in [1.54, 1.807) is 7.11 Å². The molecule has 2 atom stereocenters. The highest BCUT2D eigenvalue weighted by Crippen LogP contribution is 2.37. The second kappa shape index (κ2) is 6.86. The first-order valence-corrected chi connectivity index (χ1v) is 8.11. The van der Waals surface area contributed by atoms with Crippen molar-refractivity contribution in [3.63, 3.8) is 0 Å². The Morgan fingerprint density at radius 1 is 1.45 bits per heavy atom. The molecule has 0 fully saturated rings. The number of allylic oxidation sites excluding steroid dienone is 2. The maximum atomic E-state index is 6.11. The minimum atomic E-state index is 0.664. The zero-order valence-electron chi connectivity index (χ0n) is 12.2. The summed E-state index contributed by atoms with van der Waals surface area (Å²) < 4.78 is 6.31. The van der Waals surface area contributed by atoms with Crippen LogP contribution in [0.15, 0.2) is 28.3 Å². The smallest absolute Gasteiger partial charge is 0.156 e. The molecule has 1 aromatic carbocycles. The van der Waals surface area contributed by atoms with Gasteiger partial charge in [-0.25, -0.2) is 0 Å². The first-order valence-electron chi connectivity index (χ1n) is 6.93. The fourth-order valence-electron chi connectivity index (χ4n) is 3.00. The molecule has 2 unspecified atom stereocenters. The molecule has 0 amide bonds. The Morgan fingerprint density at radius 3 is 2.85 bits per heavy atom. The fourth-order valence-corrected chi connectivity index (χ4v) is 3.97. The normalized spacial score (nSPS) is 22.4. The fraction of sp³-hybridized carbons (Fsp3) is 0.500. The summed E-state index contributed by atoms with van der Waals surface area (Å²) >= 11 is 9.60. The maximum absolute atomic E-state index is 6.11. The highest BCUT2D eigenvalue weighted by Gasteiger charge is 2.18. The molecule has 0 bridgehead atoms. The van der Waals surface area contributed by atoms with Crippen LogP contribution in [0.4, 0.5) is 5.69 Å². The SMILES string of the molecule is COc1c(Br)cc(Cl)cc1NCC1CC(C)=CC(C)C1. The standard InChI is InChI=1S/C16H21BrClNO/c1-10-4-11(2)6-12(5-10)9-19-15-8-13(18)7-14(17)16(15)20-3/h4,7-8,10,12,19H,5-6,9H2,1-3H3. The van der Waals surface area contributed by atoms with Crippen molar-refractivity contribution in [3.8, 4) is 5.75 Å². The summed E-state index contributed by atoms with van der Waals surface area (Å²) in [6, 6.07) is 3.77. The molecule has 0 aliphatic heterocycles. The Balaban J connectivity index is 2.06. The summed E-state index contributed by atoms with van der Waals surface area (Å²) in [5.41, 5.74) is 2.45. The van der Waals surface area contributed by atoms with Gasteiger partial charge in [-0.3, -0.25) is 0 Å². The predicted octanol–water partition coefficient (Wildman–Crippen LogP) is 5.52. The Kier molecular flexibility index (Phi) is 5.39. The topological polar surface area (TPSA) is 21.3 Å². The van der Waals surface area contributed by atoms with Gasteiger partial charge < -0.3 is 10.1 Å². The summed E-state index contributed by atoms with van der Waals surface area (Å²) in [6.45, 7) is 5.45. The van der Waals surface area contributed by atoms with Crippen LogP contribution in [0.25, 0.3) is 0 Å². The Labute approximate surface area is 134 Å². The van der Waals surface area contributed by atoms with Gasteiger partial charge in [-0.1, -0.05) is 30.2 Å². The molecular formula is C16H21BrClNO. The first-order chi connectivity index (χ1) is 9.49. The van der Waals surface area contributed by atoms with Crippen molar-refractivity contribution >= 4 is 33.2 Å². The first kappa shape index (κ1) is 15.7. The molecule has 110 valence electrons. The summed E-state index contributed by atoms with van der Waals surface area (Å²) in [5.74, 6) is 2.14. The minimum Gasteiger partial charge on any atom is -0.493 e. The van der Waals surface area contributed by atoms with Crippen LogP contribution in [0.1, 0.15) is 26.7 Å². The van der Waals surface area contributed by atoms with Crippen LogP contribution < -0.4 is 10.1 Å². The van der Waals surface area contributed by atoms with Crippen molar-refractivity contribution in [2.45, 2.75) is 26.7 Å². The lowest BCUT2D eigenvalue weighted by Gasteiger charge is -2.26. The van der Waals surface area contributed by atoms with E-state index in [1.807, 2.05) is 12.1 Å². The number of hydrogen-bond acceptors (Lipinski definition) is 2. The largest absolute Gasteiger partial charge is 0.493 e. The van der Waals surface area contributed by atoms with Crippen molar-refractivity contribution < 1.29 is 4.74 Å². The molecule has 0 aromatic heterocycles. The third kappa shape index (κ3) is 3.92. The van der Waals surface area contributed by atoms with Gasteiger partial charge in [-0.2, -0.15) is 0 Å². The number of benzene rings is 1. The molecule has 1 aliphatic rings. The second-order valence-electron chi connectivity index (χ2n) is 5.65. The zero-order chi connectivity index (χ0) is 14.7. The van der Waals surface area contributed by atoms with Gasteiger partial charge in [0.15, 0.2) is 5.75 Å². The van der Waals surface area contributed by atoms with E-state index < -0.39 is 0 Å². The van der Waals surface area contributed by atoms with E-state index >= 15 is 0 Å². The summed E-state index contributed by atoms with van der Waals surface area (Å²) in [4.78, 5) is 0. The number of methoxy groups -OCH3 is 1. The summed E-state index contributed by atoms with van der Waals surface area (Å²) in [6.07, 6.45) is 4.78. The molecule has 0 heterocycles. The molecule has 1 N–H and O–H groups in total. The molecule has 0 saturated carbocycles. The highest BCUT2D eigenvalue weighted by molar-refractivity contribution is 9.10. The Morgan fingerprint density at radius 2 is 2.20 bits per heavy atom. The van der Waals surface area contributed by atoms with E-state index in [-0.39, 0.29) is 0 Å². The molecule has 0 spiro atoms. The van der Waals surface area contributed by atoms with Crippen LogP contribution in [0.3, 0.4) is 0 Å². The van der Waals surface area contributed by atoms with E-state index in [0.29, 0.717) is 16.9 Å². The van der Waals surface area contributed by atoms with Crippen molar-refractivity contribution in [3.05, 3.63) is 33.3 Å². The van der Waals surface area contributed by atoms with Gasteiger partial charge in [0, 0.05) is 11.6 Å². The van der Waals surface area contributed by atoms with Crippen LogP contribution in [0, 0.1) is 11.8 Å². The molecule has 0 saturated heterocycles. The Hall–Kier alpha value is -0.670. The van der Waals surface area contributed by atoms with Gasteiger partial charge in [0.2, 0.25) is 0 Å². The number of ether oxygens (including phenoxy) is 1. The van der Waals surface area contributed by atoms with E-state index in [1.165, 1.54) is 18.4 Å². The number of rotatable bonds is 4. The highest BCUT2D eigenvalue weighted by atomic mass is 79.9. The van der Waals surface area contributed by atoms with Crippen LogP contribution in [-0.4, -0.2) is 13.7 Å². The average molecular weight is 359 g/mol. The third-order valence-corrected chi connectivity index (χ3v) is 4.49. The average Bonchev–Trinajstić information content (AvgIpc) is 2.34. The molecule has 1 aliphatic carbocycles. The number of halogens is 2. The molecule has 20 heavy (non-hydrogen) atoms. The van der Waals surface area contributed by atoms with Gasteiger partial charge in [-0.05, 0) is 59.7 Å². The summed E-state index contributed by atoms with van der Waals surface area (Å²) in [7, 11) is 1.68. The van der Waals surface area contributed by atoms with E-state index in [9.17, 15) is 0 Å². The quantitative estimate of drug-likeness (QED) is 0.716. The minimum absolute atomic E-state index is 0.664. The third-order valence-electron chi connectivity index (χ3n) is 3.68. The van der Waals surface area contributed by atoms with Gasteiger partial charge in [0.1, 0.15) is 0 Å². The van der Waals surface area contributed by atoms with Crippen molar-refractivity contribution in [1.29, 1.82) is 0 Å². The molecule has 4 heteroatoms. The number of nitrogens with one attached hydrogen (secondary N) is 1. The van der Waals surface area contributed by atoms with Gasteiger partial charge >= 0.3 is 0 Å². The maximum Gasteiger partial charge on any atom is 0.156 e. The lowest BCUT2D eigenvalue weighted by atomic mass is 9.84. The van der Waals surface area contributed by atoms with Crippen molar-refractivity contribution in [2.75, 3.05) is 19.0 Å². The molecule has 0 radical (unpaired) electrons. The molecule has 2 nitrogen and oxygen atoms in total. The van der Waals surface area contributed by atoms with Crippen LogP contribution in [-0.2, 0) is 0 Å². The predicted molar refractivity (Wildman–Crippen MR) is 89.8 cm³/mol. The lowest BCUT2D eigenvalue weighted by molar-refractivity contribution is 0.408. The number of hydrogen-bond donors (Lipinski definition) is 1. The van der Waals surface area contributed by atoms with E-state index in [0.717, 1.165) is 22.5 Å². The van der Waals surface area contributed by atoms with Crippen LogP contribution in [0.2, 0.25) is 5.02 Å². The van der Waals surface area contributed by atoms with Crippen molar-refractivity contribution in [1.82, 2.24) is 0 Å². The van der Waals surface area contributed by atoms with Gasteiger partial charge in [-0.15, -0.1) is 0 Å². The number of anilines is 1. The molecule has 1 aromatic rings. The van der Waals surface area contributed by atoms with E-state index in [2.05, 4.69) is 41.2 Å². The van der Waals surface area contributed by atoms with E-state index in [4.69, 9.17) is 16.3 Å². The monoisotopic (exact) mass is 357 g/mol. The second-order valence-corrected chi connectivity index (χ2v) is 6.94. The van der Waals surface area contributed by atoms with Crippen LogP contribution in [0.5, 0.6) is 5.75 Å². The molecule has 2 rings (SSSR count). The summed E-state index contributed by atoms with van der Waals surface area (Å²) in [5, 5.41) is 4.19.